The first-order valence-corrected chi connectivity index (χ1v) is 6.08. The lowest BCUT2D eigenvalue weighted by atomic mass is 10.1. The highest BCUT2D eigenvalue weighted by molar-refractivity contribution is 5.83. The molecular formula is C14H24N2O. The zero-order chi connectivity index (χ0) is 13.4. The average Bonchev–Trinajstić information content (AvgIpc) is 2.39. The number of anilines is 2. The van der Waals surface area contributed by atoms with Crippen LogP contribution in [0.4, 0.5) is 11.4 Å². The third-order valence-corrected chi connectivity index (χ3v) is 2.47. The van der Waals surface area contributed by atoms with Crippen LogP contribution in [0.25, 0.3) is 0 Å². The van der Waals surface area contributed by atoms with Crippen molar-refractivity contribution in [3.05, 3.63) is 23.8 Å². The molecule has 0 bridgehead atoms. The van der Waals surface area contributed by atoms with Gasteiger partial charge in [0.05, 0.1) is 11.4 Å². The summed E-state index contributed by atoms with van der Waals surface area (Å²) in [6.45, 7) is 6.11. The van der Waals surface area contributed by atoms with Crippen molar-refractivity contribution in [2.45, 2.75) is 27.2 Å². The fourth-order valence-electron chi connectivity index (χ4n) is 1.51. The van der Waals surface area contributed by atoms with Crippen LogP contribution in [-0.2, 0) is 11.2 Å². The van der Waals surface area contributed by atoms with E-state index >= 15 is 0 Å². The molecule has 0 spiro atoms. The highest BCUT2D eigenvalue weighted by atomic mass is 16.1. The van der Waals surface area contributed by atoms with E-state index < -0.39 is 0 Å². The van der Waals surface area contributed by atoms with E-state index in [9.17, 15) is 4.79 Å². The number of carbonyl (C=O) groups excluding carboxylic acids is 1. The topological polar surface area (TPSA) is 23.6 Å². The smallest absolute Gasteiger partial charge is 0.213 e. The summed E-state index contributed by atoms with van der Waals surface area (Å²) in [6.07, 6.45) is 1.81. The molecule has 0 atom stereocenters. The molecular weight excluding hydrogens is 212 g/mol. The summed E-state index contributed by atoms with van der Waals surface area (Å²) >= 11 is 0. The Bertz CT molecular complexity index is 348. The third-order valence-electron chi connectivity index (χ3n) is 2.47. The number of amides is 1. The Kier molecular flexibility index (Phi) is 7.03. The van der Waals surface area contributed by atoms with Crippen LogP contribution in [-0.4, -0.2) is 27.6 Å². The molecule has 1 aromatic rings. The zero-order valence-electron chi connectivity index (χ0n) is 11.8. The lowest BCUT2D eigenvalue weighted by molar-refractivity contribution is -0.107. The summed E-state index contributed by atoms with van der Waals surface area (Å²) in [5.74, 6) is 0. The van der Waals surface area contributed by atoms with Crippen LogP contribution in [0.2, 0.25) is 0 Å². The van der Waals surface area contributed by atoms with Gasteiger partial charge in [0.1, 0.15) is 0 Å². The van der Waals surface area contributed by atoms with Crippen molar-refractivity contribution >= 4 is 17.8 Å². The van der Waals surface area contributed by atoms with Crippen molar-refractivity contribution in [3.8, 4) is 0 Å². The molecule has 0 aromatic heterocycles. The molecule has 17 heavy (non-hydrogen) atoms. The van der Waals surface area contributed by atoms with Crippen LogP contribution < -0.4 is 9.80 Å². The highest BCUT2D eigenvalue weighted by Gasteiger charge is 2.08. The number of benzene rings is 1. The summed E-state index contributed by atoms with van der Waals surface area (Å²) in [5, 5.41) is 0. The van der Waals surface area contributed by atoms with Gasteiger partial charge in [-0.1, -0.05) is 26.8 Å². The van der Waals surface area contributed by atoms with Gasteiger partial charge in [0.2, 0.25) is 6.41 Å². The van der Waals surface area contributed by atoms with Crippen molar-refractivity contribution in [3.63, 3.8) is 0 Å². The van der Waals surface area contributed by atoms with Crippen molar-refractivity contribution < 1.29 is 4.79 Å². The van der Waals surface area contributed by atoms with E-state index in [1.54, 1.807) is 11.9 Å². The molecule has 3 heteroatoms. The van der Waals surface area contributed by atoms with E-state index in [-0.39, 0.29) is 0 Å². The minimum Gasteiger partial charge on any atom is -0.376 e. The standard InChI is InChI=1S/C12H18N2O.C2H6/c1-5-10-6-7-11(13(2)3)12(8-10)14(4)9-15;1-2/h6-9H,5H2,1-4H3;1-2H3. The van der Waals surface area contributed by atoms with Crippen LogP contribution >= 0.6 is 0 Å². The predicted octanol–water partition coefficient (Wildman–Crippen LogP) is 2.93. The molecule has 96 valence electrons. The average molecular weight is 236 g/mol. The Morgan fingerprint density at radius 2 is 1.71 bits per heavy atom. The predicted molar refractivity (Wildman–Crippen MR) is 76.0 cm³/mol. The van der Waals surface area contributed by atoms with Gasteiger partial charge in [-0.05, 0) is 24.1 Å². The van der Waals surface area contributed by atoms with E-state index in [0.29, 0.717) is 0 Å². The fourth-order valence-corrected chi connectivity index (χ4v) is 1.51. The minimum atomic E-state index is 0.835. The van der Waals surface area contributed by atoms with E-state index in [0.717, 1.165) is 24.2 Å². The van der Waals surface area contributed by atoms with Gasteiger partial charge < -0.3 is 9.80 Å². The second kappa shape index (κ2) is 7.71. The molecule has 1 aromatic carbocycles. The molecule has 0 unspecified atom stereocenters. The zero-order valence-corrected chi connectivity index (χ0v) is 11.8. The van der Waals surface area contributed by atoms with Gasteiger partial charge in [-0.15, -0.1) is 0 Å². The van der Waals surface area contributed by atoms with Gasteiger partial charge in [0.15, 0.2) is 0 Å². The lowest BCUT2D eigenvalue weighted by Crippen LogP contribution is -2.19. The Balaban J connectivity index is 0.00000121. The number of rotatable bonds is 4. The molecule has 0 radical (unpaired) electrons. The van der Waals surface area contributed by atoms with Gasteiger partial charge in [0, 0.05) is 21.1 Å². The number of aryl methyl sites for hydroxylation is 1. The maximum Gasteiger partial charge on any atom is 0.213 e. The Morgan fingerprint density at radius 1 is 1.12 bits per heavy atom. The number of nitrogens with zero attached hydrogens (tertiary/aromatic N) is 2. The van der Waals surface area contributed by atoms with Crippen LogP contribution in [0.1, 0.15) is 26.3 Å². The Morgan fingerprint density at radius 3 is 2.12 bits per heavy atom. The van der Waals surface area contributed by atoms with Gasteiger partial charge >= 0.3 is 0 Å². The molecule has 0 aliphatic rings. The second-order valence-corrected chi connectivity index (χ2v) is 3.79. The largest absolute Gasteiger partial charge is 0.376 e. The molecule has 0 aliphatic carbocycles. The van der Waals surface area contributed by atoms with Crippen molar-refractivity contribution in [1.29, 1.82) is 0 Å². The van der Waals surface area contributed by atoms with E-state index in [1.165, 1.54) is 5.56 Å². The maximum absolute atomic E-state index is 10.8. The summed E-state index contributed by atoms with van der Waals surface area (Å²) in [7, 11) is 5.72. The fraction of sp³-hybridized carbons (Fsp3) is 0.500. The molecule has 0 fully saturated rings. The lowest BCUT2D eigenvalue weighted by Gasteiger charge is -2.22. The molecule has 1 amide bonds. The van der Waals surface area contributed by atoms with Crippen LogP contribution in [0.15, 0.2) is 18.2 Å². The van der Waals surface area contributed by atoms with Crippen LogP contribution in [0.3, 0.4) is 0 Å². The summed E-state index contributed by atoms with van der Waals surface area (Å²) in [4.78, 5) is 14.4. The van der Waals surface area contributed by atoms with Crippen molar-refractivity contribution in [1.82, 2.24) is 0 Å². The third kappa shape index (κ3) is 4.10. The van der Waals surface area contributed by atoms with E-state index in [4.69, 9.17) is 0 Å². The van der Waals surface area contributed by atoms with Crippen LogP contribution in [0.5, 0.6) is 0 Å². The van der Waals surface area contributed by atoms with Crippen LogP contribution in [0, 0.1) is 0 Å². The molecule has 0 N–H and O–H groups in total. The van der Waals surface area contributed by atoms with E-state index in [2.05, 4.69) is 19.1 Å². The van der Waals surface area contributed by atoms with Gasteiger partial charge in [-0.25, -0.2) is 0 Å². The second-order valence-electron chi connectivity index (χ2n) is 3.79. The van der Waals surface area contributed by atoms with Crippen molar-refractivity contribution in [2.24, 2.45) is 0 Å². The quantitative estimate of drug-likeness (QED) is 0.750. The number of carbonyl (C=O) groups is 1. The van der Waals surface area contributed by atoms with Crippen molar-refractivity contribution in [2.75, 3.05) is 30.9 Å². The summed E-state index contributed by atoms with van der Waals surface area (Å²) in [6, 6.07) is 6.20. The number of hydrogen-bond donors (Lipinski definition) is 0. The normalized spacial score (nSPS) is 9.06. The molecule has 0 heterocycles. The molecule has 1 rings (SSSR count). The molecule has 3 nitrogen and oxygen atoms in total. The molecule has 0 saturated heterocycles. The SMILES string of the molecule is CC.CCc1ccc(N(C)C)c(N(C)C=O)c1. The first kappa shape index (κ1) is 15.5. The van der Waals surface area contributed by atoms with E-state index in [1.807, 2.05) is 38.9 Å². The summed E-state index contributed by atoms with van der Waals surface area (Å²) < 4.78 is 0. The molecule has 0 aliphatic heterocycles. The van der Waals surface area contributed by atoms with Gasteiger partial charge in [-0.2, -0.15) is 0 Å². The maximum atomic E-state index is 10.8. The first-order chi connectivity index (χ1) is 8.10. The minimum absolute atomic E-state index is 0.835. The highest BCUT2D eigenvalue weighted by Crippen LogP contribution is 2.28. The molecule has 0 saturated carbocycles. The summed E-state index contributed by atoms with van der Waals surface area (Å²) in [5.41, 5.74) is 3.25. The Labute approximate surface area is 105 Å². The van der Waals surface area contributed by atoms with Gasteiger partial charge in [0.25, 0.3) is 0 Å². The first-order valence-electron chi connectivity index (χ1n) is 6.08. The number of hydrogen-bond acceptors (Lipinski definition) is 2. The monoisotopic (exact) mass is 236 g/mol. The Hall–Kier alpha value is -1.51. The van der Waals surface area contributed by atoms with Gasteiger partial charge in [-0.3, -0.25) is 4.79 Å².